The molecule has 2 N–H and O–H groups in total. The minimum Gasteiger partial charge on any atom is -0.455 e. The molecule has 1 aromatic heterocycles. The van der Waals surface area contributed by atoms with Crippen LogP contribution in [0.25, 0.3) is 33.4 Å². The first-order valence-electron chi connectivity index (χ1n) is 13.5. The maximum atomic E-state index is 13.6. The normalized spacial score (nSPS) is 18.4. The number of carbonyl (C=O) groups is 2. The van der Waals surface area contributed by atoms with Crippen molar-refractivity contribution in [3.05, 3.63) is 83.2 Å². The first-order valence-corrected chi connectivity index (χ1v) is 13.5. The summed E-state index contributed by atoms with van der Waals surface area (Å²) in [5.41, 5.74) is 3.86. The molecule has 0 atom stereocenters. The number of rotatable bonds is 9. The fraction of sp³-hybridized carbons (Fsp3) is 0.312. The smallest absolute Gasteiger partial charge is 0.345 e. The number of ether oxygens (including phenoxy) is 1. The monoisotopic (exact) mass is 564 g/mol. The minimum atomic E-state index is -2.84. The third kappa shape index (κ3) is 5.86. The summed E-state index contributed by atoms with van der Waals surface area (Å²) >= 11 is 0. The molecule has 0 spiro atoms. The van der Waals surface area contributed by atoms with E-state index in [1.807, 2.05) is 25.1 Å². The van der Waals surface area contributed by atoms with E-state index in [1.54, 1.807) is 30.3 Å². The van der Waals surface area contributed by atoms with E-state index < -0.39 is 24.1 Å². The second kappa shape index (κ2) is 11.4. The summed E-state index contributed by atoms with van der Waals surface area (Å²) in [5.74, 6) is -0.700. The number of aryl methyl sites for hydroxylation is 1. The molecule has 0 unspecified atom stereocenters. The van der Waals surface area contributed by atoms with Crippen molar-refractivity contribution >= 4 is 22.8 Å². The summed E-state index contributed by atoms with van der Waals surface area (Å²) in [6.45, 7) is 1.03. The van der Waals surface area contributed by atoms with Crippen molar-refractivity contribution in [1.29, 1.82) is 0 Å². The van der Waals surface area contributed by atoms with E-state index in [9.17, 15) is 22.8 Å². The average molecular weight is 565 g/mol. The Kier molecular flexibility index (Phi) is 7.91. The van der Waals surface area contributed by atoms with Crippen LogP contribution in [0.1, 0.15) is 59.4 Å². The van der Waals surface area contributed by atoms with Crippen LogP contribution in [-0.4, -0.2) is 37.1 Å². The van der Waals surface area contributed by atoms with Gasteiger partial charge in [-0.3, -0.25) is 9.59 Å². The Balaban J connectivity index is 1.53. The summed E-state index contributed by atoms with van der Waals surface area (Å²) in [4.78, 5) is 26.2. The largest absolute Gasteiger partial charge is 0.455 e. The SMILES string of the molecule is CCCc1cc2oc(-c3ccc(F)cc3)c(C(=O)NC)c2cc1-c1cccc(C(=O)NC2(C)CC(OC(F)F)C2)c1. The van der Waals surface area contributed by atoms with Crippen LogP contribution < -0.4 is 10.6 Å². The third-order valence-electron chi connectivity index (χ3n) is 7.50. The Morgan fingerprint density at radius 1 is 1.05 bits per heavy atom. The Hall–Kier alpha value is -4.11. The molecule has 5 rings (SSSR count). The number of benzene rings is 3. The Morgan fingerprint density at radius 3 is 2.44 bits per heavy atom. The molecule has 2 amide bonds. The van der Waals surface area contributed by atoms with Gasteiger partial charge in [-0.05, 0) is 91.4 Å². The predicted molar refractivity (Wildman–Crippen MR) is 150 cm³/mol. The number of hydrogen-bond donors (Lipinski definition) is 2. The van der Waals surface area contributed by atoms with E-state index in [0.717, 1.165) is 29.5 Å². The van der Waals surface area contributed by atoms with Gasteiger partial charge in [0.05, 0.1) is 11.7 Å². The zero-order chi connectivity index (χ0) is 29.3. The molecule has 3 aromatic carbocycles. The molecule has 41 heavy (non-hydrogen) atoms. The quantitative estimate of drug-likeness (QED) is 0.227. The van der Waals surface area contributed by atoms with Crippen molar-refractivity contribution in [3.8, 4) is 22.5 Å². The highest BCUT2D eigenvalue weighted by molar-refractivity contribution is 6.12. The molecule has 1 saturated carbocycles. The maximum absolute atomic E-state index is 13.6. The summed E-state index contributed by atoms with van der Waals surface area (Å²) in [6, 6.07) is 16.8. The molecule has 9 heteroatoms. The van der Waals surface area contributed by atoms with Crippen molar-refractivity contribution in [2.24, 2.45) is 0 Å². The molecule has 214 valence electrons. The molecule has 1 heterocycles. The van der Waals surface area contributed by atoms with Crippen molar-refractivity contribution in [1.82, 2.24) is 10.6 Å². The van der Waals surface area contributed by atoms with E-state index >= 15 is 0 Å². The van der Waals surface area contributed by atoms with Crippen LogP contribution in [0, 0.1) is 5.82 Å². The molecule has 0 aliphatic heterocycles. The van der Waals surface area contributed by atoms with E-state index in [4.69, 9.17) is 4.42 Å². The first-order chi connectivity index (χ1) is 19.6. The fourth-order valence-electron chi connectivity index (χ4n) is 5.55. The summed E-state index contributed by atoms with van der Waals surface area (Å²) < 4.78 is 49.4. The number of fused-ring (bicyclic) bond motifs is 1. The highest BCUT2D eigenvalue weighted by Gasteiger charge is 2.43. The number of furan rings is 1. The summed E-state index contributed by atoms with van der Waals surface area (Å²) in [6.07, 6.45) is 1.61. The van der Waals surface area contributed by atoms with Crippen LogP contribution in [0.5, 0.6) is 0 Å². The molecular weight excluding hydrogens is 533 g/mol. The van der Waals surface area contributed by atoms with Crippen molar-refractivity contribution in [2.45, 2.75) is 57.8 Å². The minimum absolute atomic E-state index is 0.305. The van der Waals surface area contributed by atoms with Gasteiger partial charge in [-0.1, -0.05) is 25.5 Å². The van der Waals surface area contributed by atoms with E-state index in [2.05, 4.69) is 22.3 Å². The van der Waals surface area contributed by atoms with E-state index in [1.165, 1.54) is 19.2 Å². The van der Waals surface area contributed by atoms with Gasteiger partial charge in [-0.25, -0.2) is 4.39 Å². The lowest BCUT2D eigenvalue weighted by atomic mass is 9.75. The number of carbonyl (C=O) groups excluding carboxylic acids is 2. The van der Waals surface area contributed by atoms with Gasteiger partial charge in [0.1, 0.15) is 17.2 Å². The average Bonchev–Trinajstić information content (AvgIpc) is 3.30. The van der Waals surface area contributed by atoms with Gasteiger partial charge in [0, 0.05) is 29.1 Å². The molecule has 4 aromatic rings. The zero-order valence-corrected chi connectivity index (χ0v) is 23.0. The second-order valence-corrected chi connectivity index (χ2v) is 10.7. The van der Waals surface area contributed by atoms with Crippen molar-refractivity contribution in [2.75, 3.05) is 7.05 Å². The molecule has 6 nitrogen and oxygen atoms in total. The first kappa shape index (κ1) is 28.4. The molecule has 1 fully saturated rings. The van der Waals surface area contributed by atoms with Gasteiger partial charge in [0.2, 0.25) is 0 Å². The lowest BCUT2D eigenvalue weighted by molar-refractivity contribution is -0.194. The number of nitrogens with one attached hydrogen (secondary N) is 2. The van der Waals surface area contributed by atoms with Gasteiger partial charge < -0.3 is 19.8 Å². The Bertz CT molecular complexity index is 1590. The molecular formula is C32H31F3N2O4. The molecule has 1 aliphatic carbocycles. The fourth-order valence-corrected chi connectivity index (χ4v) is 5.55. The Morgan fingerprint density at radius 2 is 1.78 bits per heavy atom. The number of halogens is 3. The predicted octanol–water partition coefficient (Wildman–Crippen LogP) is 7.11. The van der Waals surface area contributed by atoms with E-state index in [-0.39, 0.29) is 11.8 Å². The van der Waals surface area contributed by atoms with Crippen LogP contribution in [0.4, 0.5) is 13.2 Å². The van der Waals surface area contributed by atoms with Crippen LogP contribution >= 0.6 is 0 Å². The Labute approximate surface area is 235 Å². The maximum Gasteiger partial charge on any atom is 0.345 e. The van der Waals surface area contributed by atoms with Crippen molar-refractivity contribution in [3.63, 3.8) is 0 Å². The van der Waals surface area contributed by atoms with Crippen LogP contribution in [-0.2, 0) is 11.2 Å². The zero-order valence-electron chi connectivity index (χ0n) is 23.0. The highest BCUT2D eigenvalue weighted by Crippen LogP contribution is 2.39. The lowest BCUT2D eigenvalue weighted by Crippen LogP contribution is -2.58. The highest BCUT2D eigenvalue weighted by atomic mass is 19.3. The van der Waals surface area contributed by atoms with E-state index in [0.29, 0.717) is 46.3 Å². The number of hydrogen-bond acceptors (Lipinski definition) is 4. The second-order valence-electron chi connectivity index (χ2n) is 10.7. The standard InChI is InChI=1S/C32H31F3N2O4/c1-4-6-19-14-26-25(27(30(39)36-3)28(41-26)18-9-11-22(33)12-10-18)15-24(19)20-7-5-8-21(13-20)29(38)37-32(2)16-23(17-32)40-31(34)35/h5,7-15,23,31H,4,6,16-17H2,1-3H3,(H,36,39)(H,37,38). The lowest BCUT2D eigenvalue weighted by Gasteiger charge is -2.45. The van der Waals surface area contributed by atoms with Gasteiger partial charge in [-0.15, -0.1) is 0 Å². The van der Waals surface area contributed by atoms with Crippen LogP contribution in [0.15, 0.2) is 65.1 Å². The molecule has 1 aliphatic rings. The number of amides is 2. The third-order valence-corrected chi connectivity index (χ3v) is 7.50. The van der Waals surface area contributed by atoms with Crippen LogP contribution in [0.3, 0.4) is 0 Å². The summed E-state index contributed by atoms with van der Waals surface area (Å²) in [7, 11) is 1.54. The van der Waals surface area contributed by atoms with Gasteiger partial charge in [-0.2, -0.15) is 8.78 Å². The molecule has 0 saturated heterocycles. The van der Waals surface area contributed by atoms with Gasteiger partial charge in [0.25, 0.3) is 11.8 Å². The molecule has 0 radical (unpaired) electrons. The number of alkyl halides is 2. The molecule has 0 bridgehead atoms. The summed E-state index contributed by atoms with van der Waals surface area (Å²) in [5, 5.41) is 6.23. The van der Waals surface area contributed by atoms with Crippen LogP contribution in [0.2, 0.25) is 0 Å². The van der Waals surface area contributed by atoms with Gasteiger partial charge in [0.15, 0.2) is 0 Å². The topological polar surface area (TPSA) is 80.6 Å². The van der Waals surface area contributed by atoms with Gasteiger partial charge >= 0.3 is 6.61 Å². The van der Waals surface area contributed by atoms with Crippen molar-refractivity contribution < 1.29 is 31.9 Å².